The van der Waals surface area contributed by atoms with Crippen LogP contribution < -0.4 is 0 Å². The minimum atomic E-state index is 0.754. The quantitative estimate of drug-likeness (QED) is 0.550. The van der Waals surface area contributed by atoms with Crippen LogP contribution in [0.1, 0.15) is 23.6 Å². The van der Waals surface area contributed by atoms with E-state index in [4.69, 9.17) is 0 Å². The van der Waals surface area contributed by atoms with E-state index in [0.29, 0.717) is 0 Å². The van der Waals surface area contributed by atoms with Gasteiger partial charge in [0.1, 0.15) is 0 Å². The van der Waals surface area contributed by atoms with E-state index in [1.165, 1.54) is 10.5 Å². The molecule has 0 radical (unpaired) electrons. The molecule has 3 heteroatoms. The first-order chi connectivity index (χ1) is 8.69. The lowest BCUT2D eigenvalue weighted by atomic mass is 9.97. The summed E-state index contributed by atoms with van der Waals surface area (Å²) < 4.78 is 0.986. The van der Waals surface area contributed by atoms with Crippen LogP contribution >= 0.6 is 27.7 Å². The van der Waals surface area contributed by atoms with Crippen LogP contribution in [0.5, 0.6) is 0 Å². The summed E-state index contributed by atoms with van der Waals surface area (Å²) in [7, 11) is 0. The van der Waals surface area contributed by atoms with Crippen molar-refractivity contribution >= 4 is 27.7 Å². The highest BCUT2D eigenvalue weighted by molar-refractivity contribution is 9.10. The maximum absolute atomic E-state index is 9.21. The molecule has 0 spiro atoms. The lowest BCUT2D eigenvalue weighted by molar-refractivity contribution is 1.02. The second-order valence-corrected chi connectivity index (χ2v) is 5.63. The van der Waals surface area contributed by atoms with Gasteiger partial charge in [0.15, 0.2) is 0 Å². The summed E-state index contributed by atoms with van der Waals surface area (Å²) in [4.78, 5) is 1.20. The smallest absolute Gasteiger partial charge is 0.0995 e. The van der Waals surface area contributed by atoms with Crippen molar-refractivity contribution < 1.29 is 0 Å². The minimum absolute atomic E-state index is 0.754. The summed E-state index contributed by atoms with van der Waals surface area (Å²) in [5, 5.41) is 9.21. The summed E-state index contributed by atoms with van der Waals surface area (Å²) in [6, 6.07) is 4.19. The standard InChI is InChI=1S/C15H16BrNS/c1-4-7-13-12(6-3)11(10-17)9-14(16)15(13)18-8-5-2/h4-5,9H,1-2,6-8H2,3H3. The van der Waals surface area contributed by atoms with E-state index in [1.807, 2.05) is 18.2 Å². The third-order valence-corrected chi connectivity index (χ3v) is 4.66. The van der Waals surface area contributed by atoms with Gasteiger partial charge < -0.3 is 0 Å². The Labute approximate surface area is 122 Å². The third kappa shape index (κ3) is 3.28. The van der Waals surface area contributed by atoms with Crippen LogP contribution in [0.25, 0.3) is 0 Å². The Morgan fingerprint density at radius 1 is 1.39 bits per heavy atom. The van der Waals surface area contributed by atoms with Crippen LogP contribution in [0.3, 0.4) is 0 Å². The van der Waals surface area contributed by atoms with E-state index in [9.17, 15) is 5.26 Å². The molecule has 0 N–H and O–H groups in total. The van der Waals surface area contributed by atoms with Crippen LogP contribution in [0.2, 0.25) is 0 Å². The van der Waals surface area contributed by atoms with Crippen molar-refractivity contribution in [1.29, 1.82) is 5.26 Å². The average molecular weight is 322 g/mol. The van der Waals surface area contributed by atoms with Crippen molar-refractivity contribution in [1.82, 2.24) is 0 Å². The van der Waals surface area contributed by atoms with Gasteiger partial charge in [0.2, 0.25) is 0 Å². The fourth-order valence-electron chi connectivity index (χ4n) is 1.89. The van der Waals surface area contributed by atoms with Gasteiger partial charge in [-0.3, -0.25) is 0 Å². The molecule has 1 aromatic rings. The zero-order valence-electron chi connectivity index (χ0n) is 10.5. The lowest BCUT2D eigenvalue weighted by Crippen LogP contribution is -2.00. The maximum atomic E-state index is 9.21. The molecule has 94 valence electrons. The summed E-state index contributed by atoms with van der Waals surface area (Å²) >= 11 is 5.30. The molecule has 1 aromatic carbocycles. The maximum Gasteiger partial charge on any atom is 0.0995 e. The average Bonchev–Trinajstić information content (AvgIpc) is 2.38. The molecule has 0 heterocycles. The molecule has 0 fully saturated rings. The van der Waals surface area contributed by atoms with Crippen LogP contribution in [0, 0.1) is 11.3 Å². The molecule has 0 bridgehead atoms. The number of nitrogens with zero attached hydrogens (tertiary/aromatic N) is 1. The van der Waals surface area contributed by atoms with Gasteiger partial charge in [-0.2, -0.15) is 5.26 Å². The first kappa shape index (κ1) is 15.1. The highest BCUT2D eigenvalue weighted by Crippen LogP contribution is 2.36. The molecule has 0 aromatic heterocycles. The molecule has 1 rings (SSSR count). The van der Waals surface area contributed by atoms with E-state index in [1.54, 1.807) is 11.8 Å². The second-order valence-electron chi connectivity index (χ2n) is 3.75. The third-order valence-electron chi connectivity index (χ3n) is 2.62. The molecular weight excluding hydrogens is 306 g/mol. The Balaban J connectivity index is 3.43. The van der Waals surface area contributed by atoms with Gasteiger partial charge in [0.05, 0.1) is 11.6 Å². The highest BCUT2D eigenvalue weighted by Gasteiger charge is 2.15. The summed E-state index contributed by atoms with van der Waals surface area (Å²) in [6.07, 6.45) is 5.43. The van der Waals surface area contributed by atoms with Gasteiger partial charge in [0.25, 0.3) is 0 Å². The molecule has 0 aliphatic heterocycles. The predicted molar refractivity (Wildman–Crippen MR) is 83.1 cm³/mol. The molecule has 0 atom stereocenters. The fraction of sp³-hybridized carbons (Fsp3) is 0.267. The SMILES string of the molecule is C=CCSc1c(Br)cc(C#N)c(CC)c1CC=C. The molecule has 18 heavy (non-hydrogen) atoms. The molecule has 0 amide bonds. The van der Waals surface area contributed by atoms with Crippen LogP contribution in [0.15, 0.2) is 40.7 Å². The number of halogens is 1. The van der Waals surface area contributed by atoms with Crippen molar-refractivity contribution in [2.24, 2.45) is 0 Å². The van der Waals surface area contributed by atoms with Crippen molar-refractivity contribution in [3.8, 4) is 6.07 Å². The molecule has 1 nitrogen and oxygen atoms in total. The van der Waals surface area contributed by atoms with E-state index in [-0.39, 0.29) is 0 Å². The first-order valence-electron chi connectivity index (χ1n) is 5.78. The van der Waals surface area contributed by atoms with Crippen LogP contribution in [0.4, 0.5) is 0 Å². The highest BCUT2D eigenvalue weighted by atomic mass is 79.9. The van der Waals surface area contributed by atoms with Gasteiger partial charge in [-0.05, 0) is 46.0 Å². The molecular formula is C15H16BrNS. The van der Waals surface area contributed by atoms with Crippen molar-refractivity contribution in [2.45, 2.75) is 24.7 Å². The Morgan fingerprint density at radius 3 is 2.61 bits per heavy atom. The predicted octanol–water partition coefficient (Wildman–Crippen LogP) is 4.89. The number of hydrogen-bond donors (Lipinski definition) is 0. The molecule has 0 saturated heterocycles. The van der Waals surface area contributed by atoms with Crippen LogP contribution in [-0.2, 0) is 12.8 Å². The Morgan fingerprint density at radius 2 is 2.11 bits per heavy atom. The Kier molecular flexibility index (Phi) is 6.24. The molecule has 0 aliphatic carbocycles. The second kappa shape index (κ2) is 7.45. The normalized spacial score (nSPS) is 9.83. The lowest BCUT2D eigenvalue weighted by Gasteiger charge is -2.15. The monoisotopic (exact) mass is 321 g/mol. The largest absolute Gasteiger partial charge is 0.192 e. The van der Waals surface area contributed by atoms with Crippen LogP contribution in [-0.4, -0.2) is 5.75 Å². The van der Waals surface area contributed by atoms with Gasteiger partial charge in [0, 0.05) is 15.1 Å². The topological polar surface area (TPSA) is 23.8 Å². The van der Waals surface area contributed by atoms with Crippen molar-refractivity contribution in [3.63, 3.8) is 0 Å². The number of rotatable bonds is 6. The van der Waals surface area contributed by atoms with Crippen molar-refractivity contribution in [3.05, 3.63) is 52.5 Å². The Bertz CT molecular complexity index is 500. The summed E-state index contributed by atoms with van der Waals surface area (Å²) in [5.74, 6) is 0.859. The molecule has 0 saturated carbocycles. The van der Waals surface area contributed by atoms with E-state index in [2.05, 4.69) is 42.1 Å². The minimum Gasteiger partial charge on any atom is -0.192 e. The summed E-state index contributed by atoms with van der Waals surface area (Å²) in [6.45, 7) is 9.64. The molecule has 0 aliphatic rings. The van der Waals surface area contributed by atoms with Gasteiger partial charge >= 0.3 is 0 Å². The zero-order valence-corrected chi connectivity index (χ0v) is 12.9. The fourth-order valence-corrected chi connectivity index (χ4v) is 3.56. The number of hydrogen-bond acceptors (Lipinski definition) is 2. The first-order valence-corrected chi connectivity index (χ1v) is 7.56. The van der Waals surface area contributed by atoms with Gasteiger partial charge in [-0.1, -0.05) is 19.1 Å². The number of nitriles is 1. The zero-order chi connectivity index (χ0) is 13.5. The van der Waals surface area contributed by atoms with Gasteiger partial charge in [-0.25, -0.2) is 0 Å². The summed E-state index contributed by atoms with van der Waals surface area (Å²) in [5.41, 5.74) is 3.10. The number of thioether (sulfide) groups is 1. The molecule has 0 unspecified atom stereocenters. The van der Waals surface area contributed by atoms with Gasteiger partial charge in [-0.15, -0.1) is 24.9 Å². The Hall–Kier alpha value is -0.980. The van der Waals surface area contributed by atoms with E-state index in [0.717, 1.165) is 34.2 Å². The van der Waals surface area contributed by atoms with E-state index < -0.39 is 0 Å². The van der Waals surface area contributed by atoms with E-state index >= 15 is 0 Å². The number of benzene rings is 1. The number of allylic oxidation sites excluding steroid dienone is 1. The van der Waals surface area contributed by atoms with Crippen molar-refractivity contribution in [2.75, 3.05) is 5.75 Å².